The molecule has 0 bridgehead atoms. The highest BCUT2D eigenvalue weighted by Gasteiger charge is 2.21. The minimum Gasteiger partial charge on any atom is -0.505 e. The fourth-order valence-corrected chi connectivity index (χ4v) is 3.05. The van der Waals surface area contributed by atoms with Crippen molar-refractivity contribution in [3.05, 3.63) is 46.3 Å². The molecule has 0 amide bonds. The van der Waals surface area contributed by atoms with E-state index in [1.54, 1.807) is 19.3 Å². The fraction of sp³-hybridized carbons (Fsp3) is 0.400. The van der Waals surface area contributed by atoms with Crippen LogP contribution < -0.4 is 9.47 Å². The lowest BCUT2D eigenvalue weighted by molar-refractivity contribution is 0.254. The van der Waals surface area contributed by atoms with Gasteiger partial charge in [0, 0.05) is 41.1 Å². The van der Waals surface area contributed by atoms with Crippen LogP contribution in [0, 0.1) is 6.92 Å². The monoisotopic (exact) mass is 356 g/mol. The number of aliphatic hydroxyl groups excluding tert-OH is 1. The first-order valence-electron chi connectivity index (χ1n) is 8.76. The fourth-order valence-electron chi connectivity index (χ4n) is 3.05. The minimum absolute atomic E-state index is 0.0384. The van der Waals surface area contributed by atoms with Crippen LogP contribution in [0.1, 0.15) is 41.8 Å². The number of aryl methyl sites for hydroxylation is 1. The van der Waals surface area contributed by atoms with Gasteiger partial charge in [-0.2, -0.15) is 0 Å². The van der Waals surface area contributed by atoms with Gasteiger partial charge in [0.2, 0.25) is 0 Å². The van der Waals surface area contributed by atoms with E-state index in [-0.39, 0.29) is 18.5 Å². The van der Waals surface area contributed by atoms with Gasteiger partial charge in [-0.3, -0.25) is 9.98 Å². The number of aromatic nitrogens is 1. The maximum absolute atomic E-state index is 10.2. The summed E-state index contributed by atoms with van der Waals surface area (Å²) in [5, 5.41) is 19.6. The molecule has 3 rings (SSSR count). The van der Waals surface area contributed by atoms with Crippen molar-refractivity contribution in [3.8, 4) is 17.2 Å². The molecule has 2 N–H and O–H groups in total. The van der Waals surface area contributed by atoms with E-state index < -0.39 is 0 Å². The second-order valence-electron chi connectivity index (χ2n) is 6.39. The minimum atomic E-state index is -0.211. The number of fused-ring (bicyclic) bond motifs is 1. The summed E-state index contributed by atoms with van der Waals surface area (Å²) in [6.07, 6.45) is 4.17. The summed E-state index contributed by atoms with van der Waals surface area (Å²) < 4.78 is 11.6. The molecule has 0 saturated heterocycles. The van der Waals surface area contributed by atoms with E-state index in [0.717, 1.165) is 29.0 Å². The molecule has 1 atom stereocenters. The third-order valence-corrected chi connectivity index (χ3v) is 4.39. The Morgan fingerprint density at radius 2 is 2.19 bits per heavy atom. The molecule has 0 spiro atoms. The third-order valence-electron chi connectivity index (χ3n) is 4.39. The molecular weight excluding hydrogens is 332 g/mol. The Balaban J connectivity index is 1.87. The van der Waals surface area contributed by atoms with Gasteiger partial charge in [-0.15, -0.1) is 0 Å². The Bertz CT molecular complexity index is 833. The molecule has 6 nitrogen and oxygen atoms in total. The number of aliphatic imine (C=N–C) groups is 1. The first-order chi connectivity index (χ1) is 12.5. The third kappa shape index (κ3) is 3.65. The normalized spacial score (nSPS) is 15.9. The van der Waals surface area contributed by atoms with E-state index >= 15 is 0 Å². The van der Waals surface area contributed by atoms with Crippen LogP contribution in [0.2, 0.25) is 0 Å². The second kappa shape index (κ2) is 7.74. The van der Waals surface area contributed by atoms with Crippen LogP contribution in [0.5, 0.6) is 17.2 Å². The largest absolute Gasteiger partial charge is 0.505 e. The van der Waals surface area contributed by atoms with Crippen LogP contribution in [0.4, 0.5) is 0 Å². The van der Waals surface area contributed by atoms with E-state index in [0.29, 0.717) is 30.0 Å². The van der Waals surface area contributed by atoms with Crippen LogP contribution in [0.25, 0.3) is 0 Å². The van der Waals surface area contributed by atoms with Gasteiger partial charge in [-0.05, 0) is 32.9 Å². The van der Waals surface area contributed by atoms with E-state index in [9.17, 15) is 10.2 Å². The SMILES string of the molecule is CCOc1cc2c(cc1CN=Cc1c(CO)cnc(C)c1O)O[C@@H](C)C2. The van der Waals surface area contributed by atoms with Crippen molar-refractivity contribution in [1.82, 2.24) is 4.98 Å². The number of hydrogen-bond acceptors (Lipinski definition) is 6. The first kappa shape index (κ1) is 18.2. The zero-order valence-electron chi connectivity index (χ0n) is 15.3. The molecular formula is C20H24N2O4. The van der Waals surface area contributed by atoms with Gasteiger partial charge in [-0.1, -0.05) is 0 Å². The molecule has 1 aliphatic rings. The Labute approximate surface area is 153 Å². The maximum Gasteiger partial charge on any atom is 0.145 e. The number of pyridine rings is 1. The molecule has 0 saturated carbocycles. The molecule has 1 aliphatic heterocycles. The van der Waals surface area contributed by atoms with Gasteiger partial charge >= 0.3 is 0 Å². The van der Waals surface area contributed by atoms with Crippen LogP contribution in [0.3, 0.4) is 0 Å². The Morgan fingerprint density at radius 1 is 1.38 bits per heavy atom. The lowest BCUT2D eigenvalue weighted by Gasteiger charge is -2.11. The van der Waals surface area contributed by atoms with Crippen LogP contribution in [-0.4, -0.2) is 34.1 Å². The highest BCUT2D eigenvalue weighted by atomic mass is 16.5. The summed E-state index contributed by atoms with van der Waals surface area (Å²) in [5.41, 5.74) is 3.60. The van der Waals surface area contributed by atoms with Crippen molar-refractivity contribution in [2.45, 2.75) is 46.4 Å². The Hall–Kier alpha value is -2.60. The molecule has 0 fully saturated rings. The molecule has 138 valence electrons. The molecule has 0 aliphatic carbocycles. The van der Waals surface area contributed by atoms with E-state index in [1.807, 2.05) is 26.0 Å². The van der Waals surface area contributed by atoms with Gasteiger partial charge in [0.05, 0.1) is 25.5 Å². The molecule has 6 heteroatoms. The second-order valence-corrected chi connectivity index (χ2v) is 6.39. The van der Waals surface area contributed by atoms with Crippen molar-refractivity contribution in [1.29, 1.82) is 0 Å². The lowest BCUT2D eigenvalue weighted by Crippen LogP contribution is -2.05. The average molecular weight is 356 g/mol. The van der Waals surface area contributed by atoms with E-state index in [1.165, 1.54) is 0 Å². The summed E-state index contributed by atoms with van der Waals surface area (Å²) >= 11 is 0. The Morgan fingerprint density at radius 3 is 2.92 bits per heavy atom. The molecule has 1 aromatic carbocycles. The van der Waals surface area contributed by atoms with Crippen molar-refractivity contribution >= 4 is 6.21 Å². The number of aliphatic hydroxyl groups is 1. The van der Waals surface area contributed by atoms with Crippen LogP contribution in [-0.2, 0) is 19.6 Å². The zero-order chi connectivity index (χ0) is 18.7. The number of nitrogens with zero attached hydrogens (tertiary/aromatic N) is 2. The molecule has 2 heterocycles. The Kier molecular flexibility index (Phi) is 5.42. The molecule has 26 heavy (non-hydrogen) atoms. The highest BCUT2D eigenvalue weighted by Crippen LogP contribution is 2.35. The van der Waals surface area contributed by atoms with Crippen molar-refractivity contribution < 1.29 is 19.7 Å². The summed E-state index contributed by atoms with van der Waals surface area (Å²) in [6, 6.07) is 4.01. The highest BCUT2D eigenvalue weighted by molar-refractivity contribution is 5.85. The van der Waals surface area contributed by atoms with Gasteiger partial charge < -0.3 is 19.7 Å². The van der Waals surface area contributed by atoms with Crippen molar-refractivity contribution in [2.75, 3.05) is 6.61 Å². The summed E-state index contributed by atoms with van der Waals surface area (Å²) in [7, 11) is 0. The van der Waals surface area contributed by atoms with Gasteiger partial charge in [0.25, 0.3) is 0 Å². The topological polar surface area (TPSA) is 84.2 Å². The van der Waals surface area contributed by atoms with E-state index in [2.05, 4.69) is 9.98 Å². The average Bonchev–Trinajstić information content (AvgIpc) is 2.98. The smallest absolute Gasteiger partial charge is 0.145 e. The first-order valence-corrected chi connectivity index (χ1v) is 8.76. The maximum atomic E-state index is 10.2. The summed E-state index contributed by atoms with van der Waals surface area (Å²) in [6.45, 7) is 6.45. The molecule has 0 unspecified atom stereocenters. The predicted octanol–water partition coefficient (Wildman–Crippen LogP) is 2.93. The molecule has 1 aromatic heterocycles. The standard InChI is InChI=1S/C20H24N2O4/c1-4-25-18-6-14-5-12(2)26-19(14)7-15(18)8-21-10-17-16(11-23)9-22-13(3)20(17)24/h6-7,9-10,12,23-24H,4-5,8,11H2,1-3H3/t12-/m0/s1. The molecule has 2 aromatic rings. The van der Waals surface area contributed by atoms with E-state index in [4.69, 9.17) is 9.47 Å². The van der Waals surface area contributed by atoms with Crippen molar-refractivity contribution in [3.63, 3.8) is 0 Å². The van der Waals surface area contributed by atoms with Crippen LogP contribution >= 0.6 is 0 Å². The van der Waals surface area contributed by atoms with Gasteiger partial charge in [0.1, 0.15) is 23.4 Å². The summed E-state index contributed by atoms with van der Waals surface area (Å²) in [5.74, 6) is 1.72. The zero-order valence-corrected chi connectivity index (χ0v) is 15.3. The van der Waals surface area contributed by atoms with Gasteiger partial charge in [-0.25, -0.2) is 0 Å². The number of hydrogen-bond donors (Lipinski definition) is 2. The van der Waals surface area contributed by atoms with Gasteiger partial charge in [0.15, 0.2) is 0 Å². The van der Waals surface area contributed by atoms with Crippen molar-refractivity contribution in [2.24, 2.45) is 4.99 Å². The number of aromatic hydroxyl groups is 1. The quantitative estimate of drug-likeness (QED) is 0.778. The molecule has 0 radical (unpaired) electrons. The number of rotatable bonds is 6. The lowest BCUT2D eigenvalue weighted by atomic mass is 10.1. The predicted molar refractivity (Wildman–Crippen MR) is 99.3 cm³/mol. The number of ether oxygens (including phenoxy) is 2. The summed E-state index contributed by atoms with van der Waals surface area (Å²) in [4.78, 5) is 8.50. The van der Waals surface area contributed by atoms with Crippen LogP contribution in [0.15, 0.2) is 23.3 Å². The number of benzene rings is 1.